The van der Waals surface area contributed by atoms with Crippen molar-refractivity contribution in [2.45, 2.75) is 19.4 Å². The van der Waals surface area contributed by atoms with Crippen LogP contribution in [0.25, 0.3) is 0 Å². The van der Waals surface area contributed by atoms with E-state index in [0.717, 1.165) is 5.56 Å². The van der Waals surface area contributed by atoms with Gasteiger partial charge in [0.25, 0.3) is 0 Å². The molecule has 0 aromatic heterocycles. The number of hydrogen-bond acceptors (Lipinski definition) is 3. The largest absolute Gasteiger partial charge is 0.508 e. The molecule has 1 rings (SSSR count). The zero-order valence-corrected chi connectivity index (χ0v) is 10.1. The highest BCUT2D eigenvalue weighted by molar-refractivity contribution is 5.95. The van der Waals surface area contributed by atoms with Gasteiger partial charge in [0, 0.05) is 12.0 Å². The lowest BCUT2D eigenvalue weighted by Crippen LogP contribution is -2.46. The minimum atomic E-state index is -0.793. The van der Waals surface area contributed by atoms with Crippen LogP contribution in [-0.4, -0.2) is 23.0 Å². The molecule has 1 atom stereocenters. The van der Waals surface area contributed by atoms with Gasteiger partial charge in [-0.25, -0.2) is 0 Å². The minimum absolute atomic E-state index is 0.139. The monoisotopic (exact) mass is 248 g/mol. The van der Waals surface area contributed by atoms with E-state index < -0.39 is 17.9 Å². The van der Waals surface area contributed by atoms with Gasteiger partial charge in [0.1, 0.15) is 11.8 Å². The van der Waals surface area contributed by atoms with Crippen molar-refractivity contribution in [2.75, 3.05) is 0 Å². The highest BCUT2D eigenvalue weighted by atomic mass is 16.3. The van der Waals surface area contributed by atoms with Crippen LogP contribution in [0.15, 0.2) is 36.4 Å². The molecule has 0 heterocycles. The average molecular weight is 248 g/mol. The molecule has 5 nitrogen and oxygen atoms in total. The molecular formula is C13H16N2O3. The first kappa shape index (κ1) is 13.8. The van der Waals surface area contributed by atoms with Gasteiger partial charge in [0.2, 0.25) is 11.8 Å². The van der Waals surface area contributed by atoms with Gasteiger partial charge in [-0.2, -0.15) is 0 Å². The van der Waals surface area contributed by atoms with E-state index in [1.807, 2.05) is 0 Å². The molecule has 0 bridgehead atoms. The molecule has 0 aliphatic carbocycles. The molecule has 1 aromatic carbocycles. The molecule has 0 fully saturated rings. The van der Waals surface area contributed by atoms with Crippen LogP contribution in [0, 0.1) is 0 Å². The van der Waals surface area contributed by atoms with E-state index in [-0.39, 0.29) is 12.2 Å². The number of phenolic OH excluding ortho intramolecular Hbond substituents is 1. The summed E-state index contributed by atoms with van der Waals surface area (Å²) in [7, 11) is 0. The molecule has 5 heteroatoms. The summed E-state index contributed by atoms with van der Waals surface area (Å²) in [5.41, 5.74) is 6.33. The van der Waals surface area contributed by atoms with Gasteiger partial charge in [-0.15, -0.1) is 0 Å². The Labute approximate surface area is 105 Å². The second-order valence-corrected chi connectivity index (χ2v) is 4.08. The number of carbonyl (C=O) groups is 2. The number of hydrogen-bond donors (Lipinski definition) is 3. The molecule has 0 aliphatic rings. The fourth-order valence-electron chi connectivity index (χ4n) is 1.37. The normalized spacial score (nSPS) is 11.6. The van der Waals surface area contributed by atoms with Crippen molar-refractivity contribution in [1.82, 2.24) is 5.32 Å². The van der Waals surface area contributed by atoms with Crippen molar-refractivity contribution in [3.8, 4) is 5.75 Å². The molecule has 2 amide bonds. The van der Waals surface area contributed by atoms with E-state index >= 15 is 0 Å². The van der Waals surface area contributed by atoms with E-state index in [1.165, 1.54) is 12.1 Å². The molecular weight excluding hydrogens is 232 g/mol. The number of aromatic hydroxyl groups is 1. The van der Waals surface area contributed by atoms with Crippen LogP contribution in [-0.2, 0) is 16.0 Å². The van der Waals surface area contributed by atoms with Crippen molar-refractivity contribution in [2.24, 2.45) is 5.73 Å². The van der Waals surface area contributed by atoms with Crippen molar-refractivity contribution in [1.29, 1.82) is 0 Å². The summed E-state index contributed by atoms with van der Waals surface area (Å²) in [4.78, 5) is 22.7. The molecule has 0 saturated heterocycles. The van der Waals surface area contributed by atoms with Gasteiger partial charge >= 0.3 is 0 Å². The molecule has 0 radical (unpaired) electrons. The standard InChI is InChI=1S/C13H16N2O3/c1-8(2)13(18)15-11(12(14)17)7-9-3-5-10(16)6-4-9/h3-6,11,16H,1,7H2,2H3,(H2,14,17)(H,15,18). The Hall–Kier alpha value is -2.30. The van der Waals surface area contributed by atoms with Crippen LogP contribution in [0.1, 0.15) is 12.5 Å². The number of rotatable bonds is 5. The van der Waals surface area contributed by atoms with Crippen LogP contribution in [0.3, 0.4) is 0 Å². The first-order valence-corrected chi connectivity index (χ1v) is 5.43. The lowest BCUT2D eigenvalue weighted by Gasteiger charge is -2.15. The van der Waals surface area contributed by atoms with Crippen molar-refractivity contribution < 1.29 is 14.7 Å². The number of carbonyl (C=O) groups excluding carboxylic acids is 2. The second kappa shape index (κ2) is 5.86. The number of amides is 2. The van der Waals surface area contributed by atoms with Crippen LogP contribution >= 0.6 is 0 Å². The van der Waals surface area contributed by atoms with Crippen LogP contribution in [0.5, 0.6) is 5.75 Å². The number of benzene rings is 1. The highest BCUT2D eigenvalue weighted by Gasteiger charge is 2.18. The number of phenols is 1. The topological polar surface area (TPSA) is 92.4 Å². The summed E-state index contributed by atoms with van der Waals surface area (Å²) in [6.45, 7) is 5.04. The second-order valence-electron chi connectivity index (χ2n) is 4.08. The summed E-state index contributed by atoms with van der Waals surface area (Å²) in [5, 5.41) is 11.6. The lowest BCUT2D eigenvalue weighted by atomic mass is 10.0. The first-order valence-electron chi connectivity index (χ1n) is 5.43. The van der Waals surface area contributed by atoms with E-state index in [2.05, 4.69) is 11.9 Å². The maximum Gasteiger partial charge on any atom is 0.246 e. The smallest absolute Gasteiger partial charge is 0.246 e. The van der Waals surface area contributed by atoms with E-state index in [4.69, 9.17) is 10.8 Å². The van der Waals surface area contributed by atoms with Gasteiger partial charge < -0.3 is 16.2 Å². The van der Waals surface area contributed by atoms with E-state index in [1.54, 1.807) is 19.1 Å². The molecule has 0 spiro atoms. The SMILES string of the molecule is C=C(C)C(=O)NC(Cc1ccc(O)cc1)C(N)=O. The van der Waals surface area contributed by atoms with Crippen molar-refractivity contribution in [3.05, 3.63) is 42.0 Å². The third kappa shape index (κ3) is 3.93. The third-order valence-electron chi connectivity index (χ3n) is 2.41. The van der Waals surface area contributed by atoms with Gasteiger partial charge in [0.05, 0.1) is 0 Å². The summed E-state index contributed by atoms with van der Waals surface area (Å²) in [6, 6.07) is 5.55. The first-order chi connectivity index (χ1) is 8.40. The zero-order chi connectivity index (χ0) is 13.7. The summed E-state index contributed by atoms with van der Waals surface area (Å²) < 4.78 is 0. The quantitative estimate of drug-likeness (QED) is 0.662. The Morgan fingerprint density at radius 2 is 1.94 bits per heavy atom. The molecule has 4 N–H and O–H groups in total. The molecule has 1 unspecified atom stereocenters. The molecule has 0 saturated carbocycles. The minimum Gasteiger partial charge on any atom is -0.508 e. The summed E-state index contributed by atoms with van der Waals surface area (Å²) in [6.07, 6.45) is 0.272. The Morgan fingerprint density at radius 3 is 2.39 bits per heavy atom. The van der Waals surface area contributed by atoms with E-state index in [9.17, 15) is 9.59 Å². The maximum atomic E-state index is 11.4. The predicted octanol–water partition coefficient (Wildman–Crippen LogP) is 0.481. The predicted molar refractivity (Wildman–Crippen MR) is 67.7 cm³/mol. The Morgan fingerprint density at radius 1 is 1.39 bits per heavy atom. The van der Waals surface area contributed by atoms with Gasteiger partial charge in [-0.1, -0.05) is 18.7 Å². The van der Waals surface area contributed by atoms with Crippen molar-refractivity contribution in [3.63, 3.8) is 0 Å². The fourth-order valence-corrected chi connectivity index (χ4v) is 1.37. The molecule has 1 aromatic rings. The number of nitrogens with two attached hydrogens (primary N) is 1. The molecule has 18 heavy (non-hydrogen) atoms. The highest BCUT2D eigenvalue weighted by Crippen LogP contribution is 2.11. The van der Waals surface area contributed by atoms with Crippen LogP contribution in [0.2, 0.25) is 0 Å². The van der Waals surface area contributed by atoms with Gasteiger partial charge in [-0.05, 0) is 24.6 Å². The van der Waals surface area contributed by atoms with Gasteiger partial charge in [-0.3, -0.25) is 9.59 Å². The molecule has 0 aliphatic heterocycles. The average Bonchev–Trinajstić information content (AvgIpc) is 2.30. The lowest BCUT2D eigenvalue weighted by molar-refractivity contribution is -0.125. The summed E-state index contributed by atoms with van der Waals surface area (Å²) >= 11 is 0. The van der Waals surface area contributed by atoms with Crippen LogP contribution < -0.4 is 11.1 Å². The summed E-state index contributed by atoms with van der Waals surface area (Å²) in [5.74, 6) is -0.879. The van der Waals surface area contributed by atoms with E-state index in [0.29, 0.717) is 5.57 Å². The Balaban J connectivity index is 2.75. The Bertz CT molecular complexity index is 466. The molecule has 96 valence electrons. The number of nitrogens with one attached hydrogen (secondary N) is 1. The third-order valence-corrected chi connectivity index (χ3v) is 2.41. The number of primary amides is 1. The fraction of sp³-hybridized carbons (Fsp3) is 0.231. The van der Waals surface area contributed by atoms with Crippen molar-refractivity contribution >= 4 is 11.8 Å². The zero-order valence-electron chi connectivity index (χ0n) is 10.1. The Kier molecular flexibility index (Phi) is 4.48. The van der Waals surface area contributed by atoms with Gasteiger partial charge in [0.15, 0.2) is 0 Å². The van der Waals surface area contributed by atoms with Crippen LogP contribution in [0.4, 0.5) is 0 Å². The maximum absolute atomic E-state index is 11.4.